The molecule has 0 bridgehead atoms. The molecule has 1 aliphatic heterocycles. The first-order chi connectivity index (χ1) is 8.09. The molecule has 17 heavy (non-hydrogen) atoms. The van der Waals surface area contributed by atoms with Crippen LogP contribution in [-0.4, -0.2) is 31.9 Å². The Balaban J connectivity index is 2.46. The van der Waals surface area contributed by atoms with Crippen molar-refractivity contribution in [3.63, 3.8) is 0 Å². The number of hydrogen-bond acceptors (Lipinski definition) is 4. The summed E-state index contributed by atoms with van der Waals surface area (Å²) in [6, 6.07) is 3.61. The van der Waals surface area contributed by atoms with E-state index in [4.69, 9.17) is 22.7 Å². The van der Waals surface area contributed by atoms with Gasteiger partial charge in [-0.15, -0.1) is 0 Å². The molecule has 0 amide bonds. The molecule has 5 heteroatoms. The Bertz CT molecular complexity index is 438. The Labute approximate surface area is 106 Å². The fraction of sp³-hybridized carbons (Fsp3) is 0.417. The van der Waals surface area contributed by atoms with Crippen LogP contribution < -0.4 is 16.0 Å². The number of benzene rings is 1. The third kappa shape index (κ3) is 2.53. The first-order valence-corrected chi connectivity index (χ1v) is 6.07. The highest BCUT2D eigenvalue weighted by Crippen LogP contribution is 2.30. The number of nitrogens with zero attached hydrogens (tertiary/aromatic N) is 1. The second-order valence-corrected chi connectivity index (χ2v) is 4.69. The van der Waals surface area contributed by atoms with E-state index in [2.05, 4.69) is 10.2 Å². The molecule has 1 fully saturated rings. The van der Waals surface area contributed by atoms with Crippen LogP contribution in [0.4, 0.5) is 11.4 Å². The van der Waals surface area contributed by atoms with Crippen LogP contribution >= 0.6 is 11.6 Å². The van der Waals surface area contributed by atoms with E-state index >= 15 is 0 Å². The lowest BCUT2D eigenvalue weighted by atomic mass is 10.0. The van der Waals surface area contributed by atoms with E-state index in [-0.39, 0.29) is 0 Å². The number of nitrogen functional groups attached to an aromatic ring is 1. The van der Waals surface area contributed by atoms with E-state index < -0.39 is 0 Å². The van der Waals surface area contributed by atoms with E-state index in [0.717, 1.165) is 37.4 Å². The van der Waals surface area contributed by atoms with E-state index in [1.54, 1.807) is 13.0 Å². The standard InChI is InChI=1S/C12H17ClN4/c1-8(14)12-10(15)6-9(13)7-11(12)17-4-2-16-3-5-17/h6-7,14,16H,2-5,15H2,1H3. The normalized spacial score (nSPS) is 16.0. The molecule has 0 saturated carbocycles. The van der Waals surface area contributed by atoms with Gasteiger partial charge >= 0.3 is 0 Å². The summed E-state index contributed by atoms with van der Waals surface area (Å²) in [4.78, 5) is 2.23. The third-order valence-electron chi connectivity index (χ3n) is 2.95. The van der Waals surface area contributed by atoms with Gasteiger partial charge in [-0.1, -0.05) is 11.6 Å². The lowest BCUT2D eigenvalue weighted by molar-refractivity contribution is 0.589. The van der Waals surface area contributed by atoms with Crippen LogP contribution in [0.15, 0.2) is 12.1 Å². The molecule has 0 spiro atoms. The van der Waals surface area contributed by atoms with Crippen molar-refractivity contribution in [3.8, 4) is 0 Å². The fourth-order valence-corrected chi connectivity index (χ4v) is 2.40. The summed E-state index contributed by atoms with van der Waals surface area (Å²) in [6.07, 6.45) is 0. The van der Waals surface area contributed by atoms with Gasteiger partial charge in [-0.25, -0.2) is 0 Å². The van der Waals surface area contributed by atoms with Crippen molar-refractivity contribution in [2.75, 3.05) is 36.8 Å². The smallest absolute Gasteiger partial charge is 0.0494 e. The first-order valence-electron chi connectivity index (χ1n) is 5.70. The molecule has 4 nitrogen and oxygen atoms in total. The van der Waals surface area contributed by atoms with Gasteiger partial charge in [-0.2, -0.15) is 0 Å². The Morgan fingerprint density at radius 3 is 2.65 bits per heavy atom. The van der Waals surface area contributed by atoms with Crippen LogP contribution in [0.5, 0.6) is 0 Å². The number of nitrogens with one attached hydrogen (secondary N) is 2. The second-order valence-electron chi connectivity index (χ2n) is 4.25. The quantitative estimate of drug-likeness (QED) is 0.555. The average Bonchev–Trinajstić information content (AvgIpc) is 2.28. The van der Waals surface area contributed by atoms with Gasteiger partial charge in [0.25, 0.3) is 0 Å². The van der Waals surface area contributed by atoms with Crippen LogP contribution in [0, 0.1) is 5.41 Å². The number of piperazine rings is 1. The predicted molar refractivity (Wildman–Crippen MR) is 73.4 cm³/mol. The zero-order valence-electron chi connectivity index (χ0n) is 9.89. The largest absolute Gasteiger partial charge is 0.398 e. The highest BCUT2D eigenvalue weighted by Gasteiger charge is 2.18. The van der Waals surface area contributed by atoms with Gasteiger partial charge in [0.15, 0.2) is 0 Å². The molecular weight excluding hydrogens is 236 g/mol. The Morgan fingerprint density at radius 2 is 2.06 bits per heavy atom. The van der Waals surface area contributed by atoms with Crippen molar-refractivity contribution < 1.29 is 0 Å². The lowest BCUT2D eigenvalue weighted by Gasteiger charge is -2.31. The molecule has 0 unspecified atom stereocenters. The number of rotatable bonds is 2. The van der Waals surface area contributed by atoms with Gasteiger partial charge in [-0.3, -0.25) is 0 Å². The molecule has 1 heterocycles. The summed E-state index contributed by atoms with van der Waals surface area (Å²) in [5, 5.41) is 11.8. The minimum absolute atomic E-state index is 0.479. The Hall–Kier alpha value is -1.26. The summed E-state index contributed by atoms with van der Waals surface area (Å²) in [5.41, 5.74) is 8.80. The summed E-state index contributed by atoms with van der Waals surface area (Å²) < 4.78 is 0. The highest BCUT2D eigenvalue weighted by molar-refractivity contribution is 6.31. The fourth-order valence-electron chi connectivity index (χ4n) is 2.18. The minimum Gasteiger partial charge on any atom is -0.398 e. The molecule has 0 radical (unpaired) electrons. The van der Waals surface area contributed by atoms with Crippen LogP contribution in [0.1, 0.15) is 12.5 Å². The maximum Gasteiger partial charge on any atom is 0.0494 e. The third-order valence-corrected chi connectivity index (χ3v) is 3.16. The van der Waals surface area contributed by atoms with Crippen LogP contribution in [-0.2, 0) is 0 Å². The molecule has 0 aromatic heterocycles. The maximum atomic E-state index is 7.84. The SMILES string of the molecule is CC(=N)c1c(N)cc(Cl)cc1N1CCNCC1. The van der Waals surface area contributed by atoms with Gasteiger partial charge < -0.3 is 21.4 Å². The molecule has 0 atom stereocenters. The Morgan fingerprint density at radius 1 is 1.41 bits per heavy atom. The van der Waals surface area contributed by atoms with Crippen LogP contribution in [0.25, 0.3) is 0 Å². The molecule has 2 rings (SSSR count). The second kappa shape index (κ2) is 4.94. The van der Waals surface area contributed by atoms with Gasteiger partial charge in [0, 0.05) is 53.9 Å². The van der Waals surface area contributed by atoms with Crippen molar-refractivity contribution >= 4 is 28.7 Å². The van der Waals surface area contributed by atoms with Crippen LogP contribution in [0.3, 0.4) is 0 Å². The molecule has 1 aliphatic rings. The Kier molecular flexibility index (Phi) is 3.54. The zero-order valence-corrected chi connectivity index (χ0v) is 10.6. The van der Waals surface area contributed by atoms with Crippen molar-refractivity contribution in [1.29, 1.82) is 5.41 Å². The van der Waals surface area contributed by atoms with Gasteiger partial charge in [0.2, 0.25) is 0 Å². The molecular formula is C12H17ClN4. The van der Waals surface area contributed by atoms with Gasteiger partial charge in [0.05, 0.1) is 0 Å². The summed E-state index contributed by atoms with van der Waals surface area (Å²) in [6.45, 7) is 5.48. The first kappa shape index (κ1) is 12.2. The van der Waals surface area contributed by atoms with Crippen molar-refractivity contribution in [2.24, 2.45) is 0 Å². The van der Waals surface area contributed by atoms with E-state index in [9.17, 15) is 0 Å². The predicted octanol–water partition coefficient (Wildman–Crippen LogP) is 1.72. The average molecular weight is 253 g/mol. The number of hydrogen-bond donors (Lipinski definition) is 3. The molecule has 92 valence electrons. The maximum absolute atomic E-state index is 7.84. The van der Waals surface area contributed by atoms with Crippen LogP contribution in [0.2, 0.25) is 5.02 Å². The number of nitrogens with two attached hydrogens (primary N) is 1. The minimum atomic E-state index is 0.479. The highest BCUT2D eigenvalue weighted by atomic mass is 35.5. The van der Waals surface area contributed by atoms with Crippen molar-refractivity contribution in [1.82, 2.24) is 5.32 Å². The molecule has 1 aromatic carbocycles. The van der Waals surface area contributed by atoms with E-state index in [1.165, 1.54) is 0 Å². The van der Waals surface area contributed by atoms with E-state index in [0.29, 0.717) is 16.4 Å². The van der Waals surface area contributed by atoms with Gasteiger partial charge in [0.1, 0.15) is 0 Å². The van der Waals surface area contributed by atoms with Crippen molar-refractivity contribution in [3.05, 3.63) is 22.7 Å². The number of anilines is 2. The summed E-state index contributed by atoms with van der Waals surface area (Å²) >= 11 is 6.05. The topological polar surface area (TPSA) is 65.1 Å². The van der Waals surface area contributed by atoms with E-state index in [1.807, 2.05) is 6.07 Å². The molecule has 0 aliphatic carbocycles. The molecule has 1 saturated heterocycles. The monoisotopic (exact) mass is 252 g/mol. The molecule has 1 aromatic rings. The summed E-state index contributed by atoms with van der Waals surface area (Å²) in [7, 11) is 0. The number of halogens is 1. The van der Waals surface area contributed by atoms with Gasteiger partial charge in [-0.05, 0) is 19.1 Å². The molecule has 4 N–H and O–H groups in total. The van der Waals surface area contributed by atoms with Crippen molar-refractivity contribution in [2.45, 2.75) is 6.92 Å². The lowest BCUT2D eigenvalue weighted by Crippen LogP contribution is -2.44. The summed E-state index contributed by atoms with van der Waals surface area (Å²) in [5.74, 6) is 0. The zero-order chi connectivity index (χ0) is 12.4.